The summed E-state index contributed by atoms with van der Waals surface area (Å²) >= 11 is 0. The summed E-state index contributed by atoms with van der Waals surface area (Å²) in [5, 5.41) is 13.1. The lowest BCUT2D eigenvalue weighted by Crippen LogP contribution is -2.37. The molecule has 1 N–H and O–H groups in total. The first-order valence-electron chi connectivity index (χ1n) is 7.49. The van der Waals surface area contributed by atoms with Crippen molar-refractivity contribution >= 4 is 11.9 Å². The van der Waals surface area contributed by atoms with Gasteiger partial charge >= 0.3 is 5.97 Å². The highest BCUT2D eigenvalue weighted by Crippen LogP contribution is 2.28. The van der Waals surface area contributed by atoms with Crippen LogP contribution in [-0.2, 0) is 4.79 Å². The van der Waals surface area contributed by atoms with Gasteiger partial charge in [-0.2, -0.15) is 0 Å². The van der Waals surface area contributed by atoms with Gasteiger partial charge in [-0.1, -0.05) is 19.0 Å². The summed E-state index contributed by atoms with van der Waals surface area (Å²) in [6, 6.07) is 1.37. The van der Waals surface area contributed by atoms with E-state index in [0.717, 1.165) is 18.5 Å². The maximum Gasteiger partial charge on any atom is 0.308 e. The van der Waals surface area contributed by atoms with Crippen LogP contribution in [0.5, 0.6) is 0 Å². The Morgan fingerprint density at radius 3 is 2.67 bits per heavy atom. The highest BCUT2D eigenvalue weighted by molar-refractivity contribution is 5.92. The highest BCUT2D eigenvalue weighted by Gasteiger charge is 2.39. The fourth-order valence-electron chi connectivity index (χ4n) is 2.99. The van der Waals surface area contributed by atoms with E-state index in [0.29, 0.717) is 13.0 Å². The summed E-state index contributed by atoms with van der Waals surface area (Å²) in [5.41, 5.74) is 0.796. The number of likely N-dealkylation sites (tertiary alicyclic amines) is 1. The molecule has 1 aromatic heterocycles. The largest absolute Gasteiger partial charge is 0.481 e. The Morgan fingerprint density at radius 1 is 1.48 bits per heavy atom. The van der Waals surface area contributed by atoms with Crippen molar-refractivity contribution in [2.24, 2.45) is 5.92 Å². The predicted octanol–water partition coefficient (Wildman–Crippen LogP) is 2.51. The van der Waals surface area contributed by atoms with E-state index in [2.05, 4.69) is 19.0 Å². The van der Waals surface area contributed by atoms with E-state index >= 15 is 0 Å². The molecule has 6 nitrogen and oxygen atoms in total. The van der Waals surface area contributed by atoms with E-state index in [1.807, 2.05) is 0 Å². The van der Waals surface area contributed by atoms with Gasteiger partial charge in [0.05, 0.1) is 11.6 Å². The first-order chi connectivity index (χ1) is 9.99. The Kier molecular flexibility index (Phi) is 4.65. The zero-order valence-corrected chi connectivity index (χ0v) is 12.7. The van der Waals surface area contributed by atoms with Crippen LogP contribution in [0.3, 0.4) is 0 Å². The molecule has 0 aromatic carbocycles. The summed E-state index contributed by atoms with van der Waals surface area (Å²) < 4.78 is 5.18. The SMILES string of the molecule is CCC(CC)c1cc(C(=O)N2CCC(C(=O)O)C2C)on1. The number of rotatable bonds is 5. The van der Waals surface area contributed by atoms with Crippen molar-refractivity contribution in [1.29, 1.82) is 0 Å². The molecule has 6 heteroatoms. The summed E-state index contributed by atoms with van der Waals surface area (Å²) in [4.78, 5) is 25.1. The van der Waals surface area contributed by atoms with Crippen molar-refractivity contribution in [3.05, 3.63) is 17.5 Å². The van der Waals surface area contributed by atoms with Crippen LogP contribution in [0.25, 0.3) is 0 Å². The smallest absolute Gasteiger partial charge is 0.308 e. The molecule has 21 heavy (non-hydrogen) atoms. The molecule has 2 rings (SSSR count). The molecule has 1 aliphatic heterocycles. The van der Waals surface area contributed by atoms with E-state index in [1.165, 1.54) is 0 Å². The van der Waals surface area contributed by atoms with Crippen LogP contribution in [0.2, 0.25) is 0 Å². The second-order valence-corrected chi connectivity index (χ2v) is 5.60. The van der Waals surface area contributed by atoms with E-state index in [1.54, 1.807) is 17.9 Å². The van der Waals surface area contributed by atoms with E-state index in [4.69, 9.17) is 9.63 Å². The Hall–Kier alpha value is -1.85. The Bertz CT molecular complexity index is 521. The molecular formula is C15H22N2O4. The second-order valence-electron chi connectivity index (χ2n) is 5.60. The van der Waals surface area contributed by atoms with Gasteiger partial charge in [0, 0.05) is 24.6 Å². The lowest BCUT2D eigenvalue weighted by molar-refractivity contribution is -0.142. The molecular weight excluding hydrogens is 272 g/mol. The number of hydrogen-bond donors (Lipinski definition) is 1. The van der Waals surface area contributed by atoms with Crippen LogP contribution in [0.1, 0.15) is 62.2 Å². The van der Waals surface area contributed by atoms with Crippen molar-refractivity contribution in [2.45, 2.75) is 52.0 Å². The minimum atomic E-state index is -0.854. The first kappa shape index (κ1) is 15.5. The van der Waals surface area contributed by atoms with Gasteiger partial charge in [0.25, 0.3) is 5.91 Å². The van der Waals surface area contributed by atoms with Gasteiger partial charge in [-0.25, -0.2) is 0 Å². The monoisotopic (exact) mass is 294 g/mol. The molecule has 1 aromatic rings. The number of aromatic nitrogens is 1. The molecule has 1 amide bonds. The molecule has 0 spiro atoms. The van der Waals surface area contributed by atoms with E-state index in [9.17, 15) is 9.59 Å². The van der Waals surface area contributed by atoms with Crippen LogP contribution >= 0.6 is 0 Å². The molecule has 2 unspecified atom stereocenters. The number of carboxylic acid groups (broad SMARTS) is 1. The zero-order valence-electron chi connectivity index (χ0n) is 12.7. The Morgan fingerprint density at radius 2 is 2.14 bits per heavy atom. The zero-order chi connectivity index (χ0) is 15.6. The summed E-state index contributed by atoms with van der Waals surface area (Å²) in [6.07, 6.45) is 2.37. The number of carbonyl (C=O) groups is 2. The number of carbonyl (C=O) groups excluding carboxylic acids is 1. The van der Waals surface area contributed by atoms with Crippen LogP contribution < -0.4 is 0 Å². The summed E-state index contributed by atoms with van der Waals surface area (Å²) in [6.45, 7) is 6.36. The van der Waals surface area contributed by atoms with Crippen molar-refractivity contribution < 1.29 is 19.2 Å². The molecule has 0 aliphatic carbocycles. The number of carboxylic acids is 1. The summed E-state index contributed by atoms with van der Waals surface area (Å²) in [7, 11) is 0. The second kappa shape index (κ2) is 6.28. The average Bonchev–Trinajstić information content (AvgIpc) is 3.06. The number of hydrogen-bond acceptors (Lipinski definition) is 4. The third kappa shape index (κ3) is 2.94. The van der Waals surface area contributed by atoms with Gasteiger partial charge in [-0.3, -0.25) is 9.59 Å². The first-order valence-corrected chi connectivity index (χ1v) is 7.49. The van der Waals surface area contributed by atoms with E-state index < -0.39 is 11.9 Å². The standard InChI is InChI=1S/C15H22N2O4/c1-4-10(5-2)12-8-13(21-16-12)14(18)17-7-6-11(9(17)3)15(19)20/h8-11H,4-7H2,1-3H3,(H,19,20). The normalized spacial score (nSPS) is 22.0. The van der Waals surface area contributed by atoms with Crippen molar-refractivity contribution in [2.75, 3.05) is 6.54 Å². The van der Waals surface area contributed by atoms with Crippen LogP contribution in [0, 0.1) is 5.92 Å². The molecule has 2 heterocycles. The Balaban J connectivity index is 2.12. The molecule has 0 radical (unpaired) electrons. The van der Waals surface area contributed by atoms with Crippen LogP contribution in [0.4, 0.5) is 0 Å². The van der Waals surface area contributed by atoms with Gasteiger partial charge in [0.2, 0.25) is 5.76 Å². The number of aliphatic carboxylic acids is 1. The molecule has 1 fully saturated rings. The maximum atomic E-state index is 12.4. The van der Waals surface area contributed by atoms with Crippen molar-refractivity contribution in [3.63, 3.8) is 0 Å². The molecule has 0 bridgehead atoms. The topological polar surface area (TPSA) is 83.6 Å². The average molecular weight is 294 g/mol. The van der Waals surface area contributed by atoms with Crippen LogP contribution in [0.15, 0.2) is 10.6 Å². The van der Waals surface area contributed by atoms with Gasteiger partial charge < -0.3 is 14.5 Å². The minimum Gasteiger partial charge on any atom is -0.481 e. The van der Waals surface area contributed by atoms with E-state index in [-0.39, 0.29) is 23.6 Å². The van der Waals surface area contributed by atoms with Crippen LogP contribution in [-0.4, -0.2) is 39.6 Å². The Labute approximate surface area is 124 Å². The lowest BCUT2D eigenvalue weighted by Gasteiger charge is -2.21. The van der Waals surface area contributed by atoms with Gasteiger partial charge in [0.1, 0.15) is 0 Å². The fraction of sp³-hybridized carbons (Fsp3) is 0.667. The quantitative estimate of drug-likeness (QED) is 0.902. The van der Waals surface area contributed by atoms with Crippen molar-refractivity contribution in [3.8, 4) is 0 Å². The molecule has 116 valence electrons. The molecule has 2 atom stereocenters. The van der Waals surface area contributed by atoms with Crippen molar-refractivity contribution in [1.82, 2.24) is 10.1 Å². The predicted molar refractivity (Wildman–Crippen MR) is 76.1 cm³/mol. The number of nitrogens with zero attached hydrogens (tertiary/aromatic N) is 2. The highest BCUT2D eigenvalue weighted by atomic mass is 16.5. The molecule has 1 aliphatic rings. The molecule has 1 saturated heterocycles. The maximum absolute atomic E-state index is 12.4. The lowest BCUT2D eigenvalue weighted by atomic mass is 9.99. The van der Waals surface area contributed by atoms with Gasteiger partial charge in [0.15, 0.2) is 0 Å². The van der Waals surface area contributed by atoms with Gasteiger partial charge in [-0.15, -0.1) is 0 Å². The third-order valence-corrected chi connectivity index (χ3v) is 4.48. The fourth-order valence-corrected chi connectivity index (χ4v) is 2.99. The third-order valence-electron chi connectivity index (χ3n) is 4.48. The minimum absolute atomic E-state index is 0.204. The molecule has 0 saturated carbocycles. The number of amides is 1. The van der Waals surface area contributed by atoms with Gasteiger partial charge in [-0.05, 0) is 26.2 Å². The summed E-state index contributed by atoms with van der Waals surface area (Å²) in [5.74, 6) is -1.13.